The lowest BCUT2D eigenvalue weighted by molar-refractivity contribution is -0.128. The molecule has 1 aromatic heterocycles. The predicted molar refractivity (Wildman–Crippen MR) is 95.3 cm³/mol. The van der Waals surface area contributed by atoms with Crippen molar-refractivity contribution in [3.63, 3.8) is 0 Å². The number of anilines is 1. The Morgan fingerprint density at radius 2 is 2.16 bits per heavy atom. The zero-order valence-electron chi connectivity index (χ0n) is 15.5. The van der Waals surface area contributed by atoms with Gasteiger partial charge in [-0.3, -0.25) is 4.79 Å². The Morgan fingerprint density at radius 3 is 2.80 bits per heavy atom. The Labute approximate surface area is 149 Å². The van der Waals surface area contributed by atoms with E-state index in [0.29, 0.717) is 13.0 Å². The smallest absolute Gasteiger partial charge is 0.224 e. The Hall–Kier alpha value is -1.70. The van der Waals surface area contributed by atoms with E-state index in [1.807, 2.05) is 19.0 Å². The number of fused-ring (bicyclic) bond motifs is 1. The molecule has 7 nitrogen and oxygen atoms in total. The lowest BCUT2D eigenvalue weighted by atomic mass is 10.0. The average Bonchev–Trinajstić information content (AvgIpc) is 2.97. The SMILES string of the molecule is COC(OC)c1nc2c(cc1CN1CC(N(C)C)CC1=O)CCCN2. The Kier molecular flexibility index (Phi) is 5.56. The number of nitrogens with one attached hydrogen (secondary N) is 1. The highest BCUT2D eigenvalue weighted by Gasteiger charge is 2.32. The number of likely N-dealkylation sites (N-methyl/N-ethyl adjacent to an activating group) is 1. The molecule has 2 aliphatic heterocycles. The number of pyridine rings is 1. The van der Waals surface area contributed by atoms with Gasteiger partial charge in [-0.25, -0.2) is 4.98 Å². The van der Waals surface area contributed by atoms with Gasteiger partial charge in [0.2, 0.25) is 12.2 Å². The first-order valence-corrected chi connectivity index (χ1v) is 8.79. The van der Waals surface area contributed by atoms with Crippen molar-refractivity contribution in [3.8, 4) is 0 Å². The number of carbonyl (C=O) groups is 1. The van der Waals surface area contributed by atoms with Gasteiger partial charge in [-0.2, -0.15) is 0 Å². The molecule has 1 saturated heterocycles. The van der Waals surface area contributed by atoms with Crippen molar-refractivity contribution in [3.05, 3.63) is 22.9 Å². The minimum atomic E-state index is -0.536. The van der Waals surface area contributed by atoms with Gasteiger partial charge >= 0.3 is 0 Å². The van der Waals surface area contributed by atoms with Crippen molar-refractivity contribution < 1.29 is 14.3 Å². The molecule has 2 aliphatic rings. The number of amides is 1. The van der Waals surface area contributed by atoms with E-state index in [4.69, 9.17) is 14.5 Å². The van der Waals surface area contributed by atoms with Crippen molar-refractivity contribution in [2.24, 2.45) is 0 Å². The lowest BCUT2D eigenvalue weighted by Crippen LogP contribution is -2.32. The van der Waals surface area contributed by atoms with Gasteiger partial charge in [0.25, 0.3) is 0 Å². The van der Waals surface area contributed by atoms with E-state index < -0.39 is 6.29 Å². The molecule has 1 atom stereocenters. The van der Waals surface area contributed by atoms with Gasteiger partial charge in [0, 0.05) is 46.3 Å². The molecular formula is C18H28N4O3. The third-order valence-corrected chi connectivity index (χ3v) is 5.07. The number of carbonyl (C=O) groups excluding carboxylic acids is 1. The first-order valence-electron chi connectivity index (χ1n) is 8.79. The minimum Gasteiger partial charge on any atom is -0.370 e. The summed E-state index contributed by atoms with van der Waals surface area (Å²) >= 11 is 0. The van der Waals surface area contributed by atoms with Gasteiger partial charge in [-0.15, -0.1) is 0 Å². The van der Waals surface area contributed by atoms with Crippen LogP contribution in [0.15, 0.2) is 6.07 Å². The number of likely N-dealkylation sites (tertiary alicyclic amines) is 1. The molecular weight excluding hydrogens is 320 g/mol. The molecule has 7 heteroatoms. The molecule has 1 N–H and O–H groups in total. The highest BCUT2D eigenvalue weighted by molar-refractivity contribution is 5.79. The zero-order valence-corrected chi connectivity index (χ0v) is 15.5. The summed E-state index contributed by atoms with van der Waals surface area (Å²) in [6.45, 7) is 2.21. The third-order valence-electron chi connectivity index (χ3n) is 5.07. The highest BCUT2D eigenvalue weighted by Crippen LogP contribution is 2.29. The summed E-state index contributed by atoms with van der Waals surface area (Å²) in [4.78, 5) is 21.2. The van der Waals surface area contributed by atoms with Crippen LogP contribution >= 0.6 is 0 Å². The number of hydrogen-bond acceptors (Lipinski definition) is 6. The van der Waals surface area contributed by atoms with E-state index in [9.17, 15) is 4.79 Å². The molecule has 0 bridgehead atoms. The molecule has 138 valence electrons. The summed E-state index contributed by atoms with van der Waals surface area (Å²) < 4.78 is 10.9. The van der Waals surface area contributed by atoms with Crippen LogP contribution < -0.4 is 5.32 Å². The summed E-state index contributed by atoms with van der Waals surface area (Å²) in [5.41, 5.74) is 2.95. The second-order valence-corrected chi connectivity index (χ2v) is 6.97. The fraction of sp³-hybridized carbons (Fsp3) is 0.667. The van der Waals surface area contributed by atoms with Crippen LogP contribution in [0.5, 0.6) is 0 Å². The maximum absolute atomic E-state index is 12.4. The van der Waals surface area contributed by atoms with Gasteiger partial charge < -0.3 is 24.6 Å². The fourth-order valence-electron chi connectivity index (χ4n) is 3.55. The second kappa shape index (κ2) is 7.68. The molecule has 1 amide bonds. The van der Waals surface area contributed by atoms with Crippen LogP contribution in [0.2, 0.25) is 0 Å². The normalized spacial score (nSPS) is 20.3. The number of ether oxygens (including phenoxy) is 2. The molecule has 0 saturated carbocycles. The largest absolute Gasteiger partial charge is 0.370 e. The van der Waals surface area contributed by atoms with Gasteiger partial charge in [-0.1, -0.05) is 0 Å². The molecule has 0 aliphatic carbocycles. The van der Waals surface area contributed by atoms with E-state index in [-0.39, 0.29) is 11.9 Å². The number of nitrogens with zero attached hydrogens (tertiary/aromatic N) is 3. The standard InChI is InChI=1S/C18H28N4O3/c1-21(2)14-9-15(23)22(11-14)10-13-8-12-6-5-7-19-17(12)20-16(13)18(24-3)25-4/h8,14,18H,5-7,9-11H2,1-4H3,(H,19,20). The molecule has 1 aromatic rings. The maximum Gasteiger partial charge on any atom is 0.224 e. The second-order valence-electron chi connectivity index (χ2n) is 6.97. The molecule has 1 fully saturated rings. The van der Waals surface area contributed by atoms with Crippen LogP contribution in [0.4, 0.5) is 5.82 Å². The van der Waals surface area contributed by atoms with Crippen molar-refractivity contribution in [2.45, 2.75) is 38.1 Å². The van der Waals surface area contributed by atoms with Gasteiger partial charge in [-0.05, 0) is 44.1 Å². The lowest BCUT2D eigenvalue weighted by Gasteiger charge is -2.25. The minimum absolute atomic E-state index is 0.187. The Bertz CT molecular complexity index is 631. The van der Waals surface area contributed by atoms with Gasteiger partial charge in [0.05, 0.1) is 0 Å². The summed E-state index contributed by atoms with van der Waals surface area (Å²) in [6.07, 6.45) is 2.13. The van der Waals surface area contributed by atoms with Crippen LogP contribution in [0.25, 0.3) is 0 Å². The monoisotopic (exact) mass is 348 g/mol. The zero-order chi connectivity index (χ0) is 18.0. The first kappa shape index (κ1) is 18.1. The highest BCUT2D eigenvalue weighted by atomic mass is 16.7. The third kappa shape index (κ3) is 3.78. The molecule has 0 radical (unpaired) electrons. The van der Waals surface area contributed by atoms with Crippen molar-refractivity contribution >= 4 is 11.7 Å². The number of methoxy groups -OCH3 is 2. The molecule has 0 aromatic carbocycles. The van der Waals surface area contributed by atoms with Crippen LogP contribution in [0, 0.1) is 0 Å². The predicted octanol–water partition coefficient (Wildman–Crippen LogP) is 1.39. The van der Waals surface area contributed by atoms with E-state index in [1.54, 1.807) is 14.2 Å². The summed E-state index contributed by atoms with van der Waals surface area (Å²) in [5, 5.41) is 3.35. The van der Waals surface area contributed by atoms with E-state index in [2.05, 4.69) is 16.3 Å². The average molecular weight is 348 g/mol. The molecule has 3 rings (SSSR count). The molecule has 0 spiro atoms. The van der Waals surface area contributed by atoms with Crippen LogP contribution in [0.3, 0.4) is 0 Å². The number of aromatic nitrogens is 1. The van der Waals surface area contributed by atoms with Crippen molar-refractivity contribution in [2.75, 3.05) is 46.7 Å². The van der Waals surface area contributed by atoms with Crippen molar-refractivity contribution in [1.29, 1.82) is 0 Å². The van der Waals surface area contributed by atoms with E-state index in [0.717, 1.165) is 43.0 Å². The summed E-state index contributed by atoms with van der Waals surface area (Å²) in [7, 11) is 7.25. The van der Waals surface area contributed by atoms with E-state index in [1.165, 1.54) is 5.56 Å². The summed E-state index contributed by atoms with van der Waals surface area (Å²) in [6, 6.07) is 2.43. The Morgan fingerprint density at radius 1 is 1.40 bits per heavy atom. The van der Waals surface area contributed by atoms with Crippen molar-refractivity contribution in [1.82, 2.24) is 14.8 Å². The quantitative estimate of drug-likeness (QED) is 0.784. The van der Waals surface area contributed by atoms with Gasteiger partial charge in [0.1, 0.15) is 11.5 Å². The van der Waals surface area contributed by atoms with Gasteiger partial charge in [0.15, 0.2) is 0 Å². The first-order chi connectivity index (χ1) is 12.0. The molecule has 3 heterocycles. The number of aryl methyl sites for hydroxylation is 1. The number of rotatable bonds is 6. The van der Waals surface area contributed by atoms with Crippen LogP contribution in [0.1, 0.15) is 36.0 Å². The van der Waals surface area contributed by atoms with Crippen LogP contribution in [-0.2, 0) is 27.2 Å². The molecule has 1 unspecified atom stereocenters. The van der Waals surface area contributed by atoms with Crippen LogP contribution in [-0.4, -0.2) is 68.1 Å². The fourth-order valence-corrected chi connectivity index (χ4v) is 3.55. The maximum atomic E-state index is 12.4. The topological polar surface area (TPSA) is 66.9 Å². The molecule has 25 heavy (non-hydrogen) atoms. The summed E-state index contributed by atoms with van der Waals surface area (Å²) in [5.74, 6) is 1.09. The van der Waals surface area contributed by atoms with E-state index >= 15 is 0 Å². The number of hydrogen-bond donors (Lipinski definition) is 1. The Balaban J connectivity index is 1.89.